The molecule has 4 heteroatoms. The maximum absolute atomic E-state index is 11.2. The molecule has 1 aliphatic rings. The van der Waals surface area contributed by atoms with Crippen LogP contribution in [0.4, 0.5) is 0 Å². The Kier molecular flexibility index (Phi) is 7.26. The van der Waals surface area contributed by atoms with Crippen LogP contribution in [0.15, 0.2) is 36.4 Å². The van der Waals surface area contributed by atoms with Crippen molar-refractivity contribution in [1.82, 2.24) is 0 Å². The number of hydrogen-bond donors (Lipinski definition) is 0. The van der Waals surface area contributed by atoms with Gasteiger partial charge in [0.05, 0.1) is 0 Å². The molecule has 0 amide bonds. The second-order valence-corrected chi connectivity index (χ2v) is 5.28. The molecule has 2 rings (SSSR count). The molecule has 0 atom stereocenters. The van der Waals surface area contributed by atoms with E-state index in [9.17, 15) is 4.79 Å². The molecule has 0 fully saturated rings. The van der Waals surface area contributed by atoms with Gasteiger partial charge in [-0.05, 0) is 37.6 Å². The van der Waals surface area contributed by atoms with Crippen molar-refractivity contribution in [3.8, 4) is 0 Å². The maximum atomic E-state index is 11.2. The van der Waals surface area contributed by atoms with Crippen molar-refractivity contribution in [3.05, 3.63) is 42.0 Å². The number of carbonyl (C=O) groups is 1. The molecule has 0 aromatic heterocycles. The van der Waals surface area contributed by atoms with Crippen LogP contribution in [-0.2, 0) is 9.31 Å². The molecule has 1 aliphatic heterocycles. The minimum Gasteiger partial charge on any atom is -0.407 e. The molecule has 0 unspecified atom stereocenters. The smallest absolute Gasteiger partial charge is 0.407 e. The van der Waals surface area contributed by atoms with Crippen LogP contribution < -0.4 is 5.46 Å². The SMILES string of the molecule is O=Cc1ccccc1B1OCCC/C=C\CCCCCO1. The van der Waals surface area contributed by atoms with E-state index < -0.39 is 7.12 Å². The largest absolute Gasteiger partial charge is 0.494 e. The molecule has 0 aliphatic carbocycles. The molecule has 0 bridgehead atoms. The molecule has 3 nitrogen and oxygen atoms in total. The molecule has 1 aromatic rings. The minimum atomic E-state index is -0.434. The van der Waals surface area contributed by atoms with Crippen molar-refractivity contribution in [1.29, 1.82) is 0 Å². The molecular formula is C17H23BO3. The van der Waals surface area contributed by atoms with Gasteiger partial charge in [0.15, 0.2) is 0 Å². The number of hydrogen-bond acceptors (Lipinski definition) is 3. The Morgan fingerprint density at radius 2 is 1.62 bits per heavy atom. The molecule has 0 radical (unpaired) electrons. The summed E-state index contributed by atoms with van der Waals surface area (Å²) in [5.41, 5.74) is 1.48. The summed E-state index contributed by atoms with van der Waals surface area (Å²) < 4.78 is 11.8. The Hall–Kier alpha value is -1.39. The van der Waals surface area contributed by atoms with Crippen LogP contribution in [0, 0.1) is 0 Å². The highest BCUT2D eigenvalue weighted by molar-refractivity contribution is 6.62. The topological polar surface area (TPSA) is 35.5 Å². The number of carbonyl (C=O) groups excluding carboxylic acids is 1. The molecule has 112 valence electrons. The fraction of sp³-hybridized carbons (Fsp3) is 0.471. The van der Waals surface area contributed by atoms with Crippen LogP contribution in [0.3, 0.4) is 0 Å². The van der Waals surface area contributed by atoms with E-state index >= 15 is 0 Å². The van der Waals surface area contributed by atoms with Crippen molar-refractivity contribution in [2.75, 3.05) is 13.2 Å². The molecule has 1 heterocycles. The first kappa shape index (κ1) is 16.0. The summed E-state index contributed by atoms with van der Waals surface area (Å²) in [4.78, 5) is 11.2. The van der Waals surface area contributed by atoms with Crippen molar-refractivity contribution in [3.63, 3.8) is 0 Å². The number of aldehydes is 1. The summed E-state index contributed by atoms with van der Waals surface area (Å²) in [5, 5.41) is 0. The molecule has 1 aromatic carbocycles. The fourth-order valence-electron chi connectivity index (χ4n) is 2.42. The summed E-state index contributed by atoms with van der Waals surface area (Å²) in [6.45, 7) is 1.31. The van der Waals surface area contributed by atoms with Crippen molar-refractivity contribution >= 4 is 18.9 Å². The molecule has 0 spiro atoms. The van der Waals surface area contributed by atoms with Gasteiger partial charge in [-0.1, -0.05) is 42.8 Å². The summed E-state index contributed by atoms with van der Waals surface area (Å²) in [6, 6.07) is 7.49. The average Bonchev–Trinajstić information content (AvgIpc) is 2.56. The predicted octanol–water partition coefficient (Wildman–Crippen LogP) is 3.14. The van der Waals surface area contributed by atoms with Crippen LogP contribution in [0.5, 0.6) is 0 Å². The zero-order chi connectivity index (χ0) is 14.8. The van der Waals surface area contributed by atoms with E-state index in [1.807, 2.05) is 18.2 Å². The minimum absolute atomic E-state index is 0.434. The van der Waals surface area contributed by atoms with Gasteiger partial charge in [-0.2, -0.15) is 0 Å². The van der Waals surface area contributed by atoms with Gasteiger partial charge in [-0.3, -0.25) is 4.79 Å². The molecule has 21 heavy (non-hydrogen) atoms. The third-order valence-electron chi connectivity index (χ3n) is 3.61. The fourth-order valence-corrected chi connectivity index (χ4v) is 2.42. The third-order valence-corrected chi connectivity index (χ3v) is 3.61. The van der Waals surface area contributed by atoms with Gasteiger partial charge in [0, 0.05) is 18.8 Å². The molecule has 0 saturated heterocycles. The Labute approximate surface area is 127 Å². The summed E-state index contributed by atoms with van der Waals surface area (Å²) in [5.74, 6) is 0. The molecular weight excluding hydrogens is 263 g/mol. The van der Waals surface area contributed by atoms with E-state index in [2.05, 4.69) is 12.2 Å². The van der Waals surface area contributed by atoms with Crippen LogP contribution >= 0.6 is 0 Å². The first-order chi connectivity index (χ1) is 10.4. The normalized spacial score (nSPS) is 19.9. The maximum Gasteiger partial charge on any atom is 0.494 e. The van der Waals surface area contributed by atoms with Crippen LogP contribution in [0.25, 0.3) is 0 Å². The van der Waals surface area contributed by atoms with E-state index in [4.69, 9.17) is 9.31 Å². The Morgan fingerprint density at radius 1 is 0.905 bits per heavy atom. The lowest BCUT2D eigenvalue weighted by Gasteiger charge is -2.16. The lowest BCUT2D eigenvalue weighted by atomic mass is 9.76. The second kappa shape index (κ2) is 9.53. The van der Waals surface area contributed by atoms with Gasteiger partial charge in [-0.15, -0.1) is 0 Å². The predicted molar refractivity (Wildman–Crippen MR) is 86.0 cm³/mol. The zero-order valence-electron chi connectivity index (χ0n) is 12.5. The van der Waals surface area contributed by atoms with Crippen molar-refractivity contribution in [2.24, 2.45) is 0 Å². The van der Waals surface area contributed by atoms with Crippen molar-refractivity contribution in [2.45, 2.75) is 38.5 Å². The lowest BCUT2D eigenvalue weighted by molar-refractivity contribution is 0.112. The standard InChI is InChI=1S/C17H23BO3/c19-15-16-11-7-8-12-17(16)18-20-13-9-5-3-1-2-4-6-10-14-21-18/h1,3,7-8,11-12,15H,2,4-6,9-10,13-14H2/b3-1-. The Bertz CT molecular complexity index is 459. The zero-order valence-corrected chi connectivity index (χ0v) is 12.5. The Balaban J connectivity index is 2.03. The first-order valence-corrected chi connectivity index (χ1v) is 7.84. The van der Waals surface area contributed by atoms with E-state index in [0.717, 1.165) is 43.9 Å². The van der Waals surface area contributed by atoms with Gasteiger partial charge in [0.25, 0.3) is 0 Å². The summed E-state index contributed by atoms with van der Waals surface area (Å²) in [6.07, 6.45) is 11.9. The number of benzene rings is 1. The Morgan fingerprint density at radius 3 is 2.43 bits per heavy atom. The van der Waals surface area contributed by atoms with E-state index in [-0.39, 0.29) is 0 Å². The second-order valence-electron chi connectivity index (χ2n) is 5.28. The monoisotopic (exact) mass is 286 g/mol. The van der Waals surface area contributed by atoms with E-state index in [0.29, 0.717) is 18.8 Å². The number of rotatable bonds is 2. The first-order valence-electron chi connectivity index (χ1n) is 7.84. The van der Waals surface area contributed by atoms with Gasteiger partial charge in [0.1, 0.15) is 6.29 Å². The van der Waals surface area contributed by atoms with Crippen LogP contribution in [0.1, 0.15) is 48.9 Å². The van der Waals surface area contributed by atoms with Gasteiger partial charge < -0.3 is 9.31 Å². The number of allylic oxidation sites excluding steroid dienone is 2. The van der Waals surface area contributed by atoms with E-state index in [1.54, 1.807) is 6.07 Å². The van der Waals surface area contributed by atoms with Gasteiger partial charge in [0.2, 0.25) is 0 Å². The van der Waals surface area contributed by atoms with Crippen LogP contribution in [0.2, 0.25) is 0 Å². The lowest BCUT2D eigenvalue weighted by Crippen LogP contribution is -2.39. The molecule has 0 N–H and O–H groups in total. The van der Waals surface area contributed by atoms with Crippen LogP contribution in [-0.4, -0.2) is 26.6 Å². The summed E-state index contributed by atoms with van der Waals surface area (Å²) in [7, 11) is -0.434. The quantitative estimate of drug-likeness (QED) is 0.476. The molecule has 0 saturated carbocycles. The van der Waals surface area contributed by atoms with E-state index in [1.165, 1.54) is 6.42 Å². The summed E-state index contributed by atoms with van der Waals surface area (Å²) >= 11 is 0. The highest BCUT2D eigenvalue weighted by Crippen LogP contribution is 2.07. The van der Waals surface area contributed by atoms with Gasteiger partial charge in [-0.25, -0.2) is 0 Å². The highest BCUT2D eigenvalue weighted by Gasteiger charge is 2.23. The third kappa shape index (κ3) is 5.48. The van der Waals surface area contributed by atoms with Crippen molar-refractivity contribution < 1.29 is 14.1 Å². The average molecular weight is 286 g/mol. The highest BCUT2D eigenvalue weighted by atomic mass is 16.6. The van der Waals surface area contributed by atoms with Gasteiger partial charge >= 0.3 is 7.12 Å².